The SMILES string of the molecule is CC(C)n1ccc(CNc2cc(F)c(F)cc2F)n1. The second-order valence-electron chi connectivity index (χ2n) is 4.48. The van der Waals surface area contributed by atoms with Crippen LogP contribution in [0.2, 0.25) is 0 Å². The molecule has 0 radical (unpaired) electrons. The van der Waals surface area contributed by atoms with E-state index in [1.165, 1.54) is 0 Å². The zero-order valence-corrected chi connectivity index (χ0v) is 10.6. The van der Waals surface area contributed by atoms with Crippen molar-refractivity contribution < 1.29 is 13.2 Å². The highest BCUT2D eigenvalue weighted by atomic mass is 19.2. The van der Waals surface area contributed by atoms with Crippen LogP contribution in [0.1, 0.15) is 25.6 Å². The summed E-state index contributed by atoms with van der Waals surface area (Å²) in [5, 5.41) is 6.95. The molecule has 0 amide bonds. The quantitative estimate of drug-likeness (QED) is 0.861. The van der Waals surface area contributed by atoms with Crippen LogP contribution in [0.15, 0.2) is 24.4 Å². The third-order valence-corrected chi connectivity index (χ3v) is 2.66. The van der Waals surface area contributed by atoms with Crippen LogP contribution in [0.4, 0.5) is 18.9 Å². The number of hydrogen-bond acceptors (Lipinski definition) is 2. The van der Waals surface area contributed by atoms with Gasteiger partial charge in [0.05, 0.1) is 17.9 Å². The molecular weight excluding hydrogens is 255 g/mol. The summed E-state index contributed by atoms with van der Waals surface area (Å²) < 4.78 is 40.9. The molecule has 0 atom stereocenters. The van der Waals surface area contributed by atoms with Crippen molar-refractivity contribution in [2.75, 3.05) is 5.32 Å². The van der Waals surface area contributed by atoms with Crippen LogP contribution in [0.5, 0.6) is 0 Å². The Hall–Kier alpha value is -1.98. The predicted octanol–water partition coefficient (Wildman–Crippen LogP) is 3.49. The summed E-state index contributed by atoms with van der Waals surface area (Å²) >= 11 is 0. The summed E-state index contributed by atoms with van der Waals surface area (Å²) in [6.07, 6.45) is 1.81. The van der Waals surface area contributed by atoms with E-state index in [9.17, 15) is 13.2 Å². The molecule has 102 valence electrons. The van der Waals surface area contributed by atoms with Gasteiger partial charge in [-0.15, -0.1) is 0 Å². The molecule has 19 heavy (non-hydrogen) atoms. The van der Waals surface area contributed by atoms with Gasteiger partial charge in [-0.2, -0.15) is 5.10 Å². The third-order valence-electron chi connectivity index (χ3n) is 2.66. The Balaban J connectivity index is 2.07. The molecule has 0 fully saturated rings. The zero-order chi connectivity index (χ0) is 14.0. The zero-order valence-electron chi connectivity index (χ0n) is 10.6. The average Bonchev–Trinajstić information content (AvgIpc) is 2.81. The van der Waals surface area contributed by atoms with Crippen LogP contribution in [-0.2, 0) is 6.54 Å². The number of aromatic nitrogens is 2. The van der Waals surface area contributed by atoms with Gasteiger partial charge >= 0.3 is 0 Å². The van der Waals surface area contributed by atoms with E-state index in [-0.39, 0.29) is 18.3 Å². The van der Waals surface area contributed by atoms with E-state index >= 15 is 0 Å². The molecule has 0 spiro atoms. The summed E-state index contributed by atoms with van der Waals surface area (Å²) in [6.45, 7) is 4.21. The molecule has 3 nitrogen and oxygen atoms in total. The molecule has 1 N–H and O–H groups in total. The average molecular weight is 269 g/mol. The number of nitrogens with zero attached hydrogens (tertiary/aromatic N) is 2. The first-order chi connectivity index (χ1) is 8.97. The van der Waals surface area contributed by atoms with Gasteiger partial charge in [0.15, 0.2) is 11.6 Å². The maximum atomic E-state index is 13.4. The van der Waals surface area contributed by atoms with E-state index in [4.69, 9.17) is 0 Å². The minimum absolute atomic E-state index is 0.0852. The standard InChI is InChI=1S/C13H14F3N3/c1-8(2)19-4-3-9(18-19)7-17-13-6-11(15)10(14)5-12(13)16/h3-6,8,17H,7H2,1-2H3. The Kier molecular flexibility index (Phi) is 3.78. The molecule has 1 aromatic heterocycles. The first-order valence-electron chi connectivity index (χ1n) is 5.90. The lowest BCUT2D eigenvalue weighted by Gasteiger charge is -2.07. The molecule has 2 rings (SSSR count). The molecule has 6 heteroatoms. The van der Waals surface area contributed by atoms with E-state index in [1.807, 2.05) is 20.0 Å². The Morgan fingerprint density at radius 1 is 1.16 bits per heavy atom. The summed E-state index contributed by atoms with van der Waals surface area (Å²) in [4.78, 5) is 0. The number of nitrogens with one attached hydrogen (secondary N) is 1. The fourth-order valence-corrected chi connectivity index (χ4v) is 1.60. The monoisotopic (exact) mass is 269 g/mol. The molecular formula is C13H14F3N3. The highest BCUT2D eigenvalue weighted by molar-refractivity contribution is 5.45. The van der Waals surface area contributed by atoms with Gasteiger partial charge in [0.25, 0.3) is 0 Å². The highest BCUT2D eigenvalue weighted by Crippen LogP contribution is 2.19. The van der Waals surface area contributed by atoms with Crippen LogP contribution in [0, 0.1) is 17.5 Å². The van der Waals surface area contributed by atoms with Crippen LogP contribution < -0.4 is 5.32 Å². The fourth-order valence-electron chi connectivity index (χ4n) is 1.60. The van der Waals surface area contributed by atoms with Gasteiger partial charge in [0.1, 0.15) is 5.82 Å². The molecule has 1 aromatic carbocycles. The first kappa shape index (κ1) is 13.5. The smallest absolute Gasteiger partial charge is 0.161 e. The van der Waals surface area contributed by atoms with E-state index in [0.29, 0.717) is 11.8 Å². The predicted molar refractivity (Wildman–Crippen MR) is 66.3 cm³/mol. The first-order valence-corrected chi connectivity index (χ1v) is 5.90. The van der Waals surface area contributed by atoms with Gasteiger partial charge in [-0.1, -0.05) is 0 Å². The number of benzene rings is 1. The van der Waals surface area contributed by atoms with E-state index in [0.717, 1.165) is 6.07 Å². The van der Waals surface area contributed by atoms with Gasteiger partial charge in [-0.3, -0.25) is 4.68 Å². The Morgan fingerprint density at radius 2 is 1.84 bits per heavy atom. The Bertz CT molecular complexity index is 579. The van der Waals surface area contributed by atoms with Crippen molar-refractivity contribution in [3.05, 3.63) is 47.5 Å². The minimum Gasteiger partial charge on any atom is -0.377 e. The van der Waals surface area contributed by atoms with Gasteiger partial charge in [-0.25, -0.2) is 13.2 Å². The molecule has 0 aliphatic rings. The third kappa shape index (κ3) is 3.07. The van der Waals surface area contributed by atoms with Crippen LogP contribution in [0.25, 0.3) is 0 Å². The van der Waals surface area contributed by atoms with Crippen LogP contribution in [0.3, 0.4) is 0 Å². The van der Waals surface area contributed by atoms with Crippen molar-refractivity contribution in [3.63, 3.8) is 0 Å². The second kappa shape index (κ2) is 5.34. The normalized spacial score (nSPS) is 11.1. The number of rotatable bonds is 4. The molecule has 1 heterocycles. The Labute approximate surface area is 109 Å². The van der Waals surface area contributed by atoms with Crippen molar-refractivity contribution >= 4 is 5.69 Å². The van der Waals surface area contributed by atoms with Crippen molar-refractivity contribution in [1.29, 1.82) is 0 Å². The van der Waals surface area contributed by atoms with E-state index < -0.39 is 17.5 Å². The molecule has 0 saturated heterocycles. The largest absolute Gasteiger partial charge is 0.377 e. The molecule has 0 unspecified atom stereocenters. The number of anilines is 1. The van der Waals surface area contributed by atoms with Gasteiger partial charge in [-0.05, 0) is 19.9 Å². The lowest BCUT2D eigenvalue weighted by molar-refractivity contribution is 0.496. The maximum absolute atomic E-state index is 13.4. The molecule has 0 aliphatic carbocycles. The van der Waals surface area contributed by atoms with Gasteiger partial charge in [0.2, 0.25) is 0 Å². The van der Waals surface area contributed by atoms with Crippen LogP contribution >= 0.6 is 0 Å². The van der Waals surface area contributed by atoms with Gasteiger partial charge < -0.3 is 5.32 Å². The lowest BCUT2D eigenvalue weighted by atomic mass is 10.2. The van der Waals surface area contributed by atoms with Gasteiger partial charge in [0, 0.05) is 24.4 Å². The number of halogens is 3. The van der Waals surface area contributed by atoms with E-state index in [1.54, 1.807) is 10.7 Å². The lowest BCUT2D eigenvalue weighted by Crippen LogP contribution is -2.06. The summed E-state index contributed by atoms with van der Waals surface area (Å²) in [5.74, 6) is -3.12. The summed E-state index contributed by atoms with van der Waals surface area (Å²) in [6, 6.07) is 3.33. The number of hydrogen-bond donors (Lipinski definition) is 1. The molecule has 2 aromatic rings. The summed E-state index contributed by atoms with van der Waals surface area (Å²) in [7, 11) is 0. The van der Waals surface area contributed by atoms with Crippen LogP contribution in [-0.4, -0.2) is 9.78 Å². The molecule has 0 aliphatic heterocycles. The molecule has 0 bridgehead atoms. The molecule has 0 saturated carbocycles. The minimum atomic E-state index is -1.20. The van der Waals surface area contributed by atoms with Crippen molar-refractivity contribution in [3.8, 4) is 0 Å². The van der Waals surface area contributed by atoms with E-state index in [2.05, 4.69) is 10.4 Å². The van der Waals surface area contributed by atoms with Crippen molar-refractivity contribution in [1.82, 2.24) is 9.78 Å². The van der Waals surface area contributed by atoms with Crippen molar-refractivity contribution in [2.45, 2.75) is 26.4 Å². The fraction of sp³-hybridized carbons (Fsp3) is 0.308. The Morgan fingerprint density at radius 3 is 2.47 bits per heavy atom. The second-order valence-corrected chi connectivity index (χ2v) is 4.48. The van der Waals surface area contributed by atoms with Crippen molar-refractivity contribution in [2.24, 2.45) is 0 Å². The maximum Gasteiger partial charge on any atom is 0.161 e. The topological polar surface area (TPSA) is 29.9 Å². The highest BCUT2D eigenvalue weighted by Gasteiger charge is 2.10. The summed E-state index contributed by atoms with van der Waals surface area (Å²) in [5.41, 5.74) is 0.607.